The number of aliphatic hydroxyl groups excluding tert-OH is 1. The highest BCUT2D eigenvalue weighted by Crippen LogP contribution is 2.33. The summed E-state index contributed by atoms with van der Waals surface area (Å²) in [6, 6.07) is 0. The van der Waals surface area contributed by atoms with Gasteiger partial charge in [-0.1, -0.05) is 26.2 Å². The van der Waals surface area contributed by atoms with E-state index in [2.05, 4.69) is 6.92 Å². The van der Waals surface area contributed by atoms with Gasteiger partial charge in [-0.3, -0.25) is 0 Å². The van der Waals surface area contributed by atoms with Crippen LogP contribution in [0.25, 0.3) is 0 Å². The molecule has 1 rings (SSSR count). The average Bonchev–Trinajstić information content (AvgIpc) is 2.37. The van der Waals surface area contributed by atoms with Gasteiger partial charge in [-0.2, -0.15) is 0 Å². The van der Waals surface area contributed by atoms with Gasteiger partial charge in [0, 0.05) is 6.61 Å². The van der Waals surface area contributed by atoms with Crippen LogP contribution in [-0.2, 0) is 0 Å². The monoisotopic (exact) mass is 142 g/mol. The molecule has 1 aliphatic carbocycles. The van der Waals surface area contributed by atoms with Crippen molar-refractivity contribution in [1.29, 1.82) is 0 Å². The Morgan fingerprint density at radius 2 is 2.00 bits per heavy atom. The van der Waals surface area contributed by atoms with E-state index >= 15 is 0 Å². The van der Waals surface area contributed by atoms with Gasteiger partial charge < -0.3 is 5.11 Å². The fourth-order valence-corrected chi connectivity index (χ4v) is 2.01. The molecule has 60 valence electrons. The maximum absolute atomic E-state index is 8.85. The fourth-order valence-electron chi connectivity index (χ4n) is 2.01. The van der Waals surface area contributed by atoms with E-state index in [1.807, 2.05) is 0 Å². The Balaban J connectivity index is 2.15. The highest BCUT2D eigenvalue weighted by Gasteiger charge is 2.22. The van der Waals surface area contributed by atoms with Crippen molar-refractivity contribution in [2.45, 2.75) is 39.0 Å². The second-order valence-electron chi connectivity index (χ2n) is 3.52. The third kappa shape index (κ3) is 1.98. The van der Waals surface area contributed by atoms with Crippen LogP contribution in [0.2, 0.25) is 0 Å². The Labute approximate surface area is 63.4 Å². The first-order chi connectivity index (χ1) is 4.86. The number of aliphatic hydroxyl groups is 1. The van der Waals surface area contributed by atoms with Gasteiger partial charge in [0.05, 0.1) is 0 Å². The third-order valence-electron chi connectivity index (χ3n) is 2.60. The van der Waals surface area contributed by atoms with E-state index in [4.69, 9.17) is 5.11 Å². The minimum Gasteiger partial charge on any atom is -0.396 e. The summed E-state index contributed by atoms with van der Waals surface area (Å²) in [4.78, 5) is 0. The van der Waals surface area contributed by atoms with Crippen LogP contribution in [0, 0.1) is 11.8 Å². The molecule has 0 amide bonds. The molecule has 0 aliphatic heterocycles. The van der Waals surface area contributed by atoms with Gasteiger partial charge in [0.2, 0.25) is 0 Å². The predicted molar refractivity (Wildman–Crippen MR) is 42.8 cm³/mol. The molecule has 1 aliphatic rings. The van der Waals surface area contributed by atoms with Crippen molar-refractivity contribution < 1.29 is 5.11 Å². The molecule has 1 N–H and O–H groups in total. The maximum atomic E-state index is 8.85. The Bertz CT molecular complexity index is 90.7. The molecule has 1 heteroatoms. The lowest BCUT2D eigenvalue weighted by Crippen LogP contribution is -2.00. The van der Waals surface area contributed by atoms with Crippen molar-refractivity contribution in [3.8, 4) is 0 Å². The molecule has 1 nitrogen and oxygen atoms in total. The summed E-state index contributed by atoms with van der Waals surface area (Å²) in [7, 11) is 0. The quantitative estimate of drug-likeness (QED) is 0.640. The molecule has 0 aromatic heterocycles. The van der Waals surface area contributed by atoms with E-state index in [1.54, 1.807) is 0 Å². The summed E-state index contributed by atoms with van der Waals surface area (Å²) in [5, 5.41) is 8.85. The van der Waals surface area contributed by atoms with Gasteiger partial charge in [-0.05, 0) is 24.7 Å². The SMILES string of the molecule is CCCC1CCC(CO)C1. The number of rotatable bonds is 3. The normalized spacial score (nSPS) is 33.0. The first kappa shape index (κ1) is 8.06. The molecule has 10 heavy (non-hydrogen) atoms. The van der Waals surface area contributed by atoms with E-state index in [-0.39, 0.29) is 0 Å². The predicted octanol–water partition coefficient (Wildman–Crippen LogP) is 2.20. The molecule has 0 aromatic carbocycles. The lowest BCUT2D eigenvalue weighted by atomic mass is 10.0. The first-order valence-corrected chi connectivity index (χ1v) is 4.47. The van der Waals surface area contributed by atoms with Gasteiger partial charge in [-0.15, -0.1) is 0 Å². The molecule has 0 spiro atoms. The minimum absolute atomic E-state index is 0.417. The molecule has 1 fully saturated rings. The van der Waals surface area contributed by atoms with Crippen LogP contribution in [-0.4, -0.2) is 11.7 Å². The van der Waals surface area contributed by atoms with Crippen molar-refractivity contribution >= 4 is 0 Å². The van der Waals surface area contributed by atoms with Crippen LogP contribution < -0.4 is 0 Å². The zero-order chi connectivity index (χ0) is 7.40. The second-order valence-corrected chi connectivity index (χ2v) is 3.52. The van der Waals surface area contributed by atoms with Gasteiger partial charge in [-0.25, -0.2) is 0 Å². The molecular formula is C9H18O. The minimum atomic E-state index is 0.417. The lowest BCUT2D eigenvalue weighted by Gasteiger charge is -2.06. The summed E-state index contributed by atoms with van der Waals surface area (Å²) >= 11 is 0. The Morgan fingerprint density at radius 1 is 1.30 bits per heavy atom. The van der Waals surface area contributed by atoms with E-state index < -0.39 is 0 Å². The van der Waals surface area contributed by atoms with Crippen molar-refractivity contribution in [2.75, 3.05) is 6.61 Å². The van der Waals surface area contributed by atoms with Crippen molar-refractivity contribution in [2.24, 2.45) is 11.8 Å². The first-order valence-electron chi connectivity index (χ1n) is 4.47. The summed E-state index contributed by atoms with van der Waals surface area (Å²) in [6.45, 7) is 2.66. The molecule has 2 unspecified atom stereocenters. The Hall–Kier alpha value is -0.0400. The van der Waals surface area contributed by atoms with Gasteiger partial charge in [0.15, 0.2) is 0 Å². The molecule has 2 atom stereocenters. The molecule has 0 radical (unpaired) electrons. The summed E-state index contributed by atoms with van der Waals surface area (Å²) in [5.41, 5.74) is 0. The van der Waals surface area contributed by atoms with E-state index in [1.165, 1.54) is 32.1 Å². The summed E-state index contributed by atoms with van der Waals surface area (Å²) in [6.07, 6.45) is 6.59. The standard InChI is InChI=1S/C9H18O/c1-2-3-8-4-5-9(6-8)7-10/h8-10H,2-7H2,1H3. The van der Waals surface area contributed by atoms with Crippen LogP contribution in [0.15, 0.2) is 0 Å². The van der Waals surface area contributed by atoms with Crippen LogP contribution >= 0.6 is 0 Å². The largest absolute Gasteiger partial charge is 0.396 e. The molecule has 0 heterocycles. The Morgan fingerprint density at radius 3 is 2.50 bits per heavy atom. The zero-order valence-electron chi connectivity index (χ0n) is 6.84. The van der Waals surface area contributed by atoms with Gasteiger partial charge >= 0.3 is 0 Å². The van der Waals surface area contributed by atoms with Crippen molar-refractivity contribution in [1.82, 2.24) is 0 Å². The van der Waals surface area contributed by atoms with E-state index in [0.29, 0.717) is 12.5 Å². The van der Waals surface area contributed by atoms with Crippen LogP contribution in [0.4, 0.5) is 0 Å². The number of hydrogen-bond acceptors (Lipinski definition) is 1. The van der Waals surface area contributed by atoms with Gasteiger partial charge in [0.25, 0.3) is 0 Å². The van der Waals surface area contributed by atoms with Crippen LogP contribution in [0.1, 0.15) is 39.0 Å². The number of hydrogen-bond donors (Lipinski definition) is 1. The highest BCUT2D eigenvalue weighted by atomic mass is 16.3. The summed E-state index contributed by atoms with van der Waals surface area (Å²) in [5.74, 6) is 1.57. The van der Waals surface area contributed by atoms with Crippen molar-refractivity contribution in [3.05, 3.63) is 0 Å². The van der Waals surface area contributed by atoms with E-state index in [0.717, 1.165) is 5.92 Å². The van der Waals surface area contributed by atoms with Crippen LogP contribution in [0.5, 0.6) is 0 Å². The molecular weight excluding hydrogens is 124 g/mol. The molecule has 1 saturated carbocycles. The maximum Gasteiger partial charge on any atom is 0.0459 e. The molecule has 0 saturated heterocycles. The third-order valence-corrected chi connectivity index (χ3v) is 2.60. The van der Waals surface area contributed by atoms with Crippen molar-refractivity contribution in [3.63, 3.8) is 0 Å². The smallest absolute Gasteiger partial charge is 0.0459 e. The average molecular weight is 142 g/mol. The highest BCUT2D eigenvalue weighted by molar-refractivity contribution is 4.74. The van der Waals surface area contributed by atoms with Gasteiger partial charge in [0.1, 0.15) is 0 Å². The Kier molecular flexibility index (Phi) is 3.20. The summed E-state index contributed by atoms with van der Waals surface area (Å²) < 4.78 is 0. The fraction of sp³-hybridized carbons (Fsp3) is 1.00. The molecule has 0 aromatic rings. The topological polar surface area (TPSA) is 20.2 Å². The van der Waals surface area contributed by atoms with Crippen LogP contribution in [0.3, 0.4) is 0 Å². The zero-order valence-corrected chi connectivity index (χ0v) is 6.84. The molecule has 0 bridgehead atoms. The van der Waals surface area contributed by atoms with E-state index in [9.17, 15) is 0 Å². The second kappa shape index (κ2) is 3.97. The lowest BCUT2D eigenvalue weighted by molar-refractivity contribution is 0.225.